The zero-order valence-corrected chi connectivity index (χ0v) is 24.1. The number of amides is 1. The molecule has 0 bridgehead atoms. The highest BCUT2D eigenvalue weighted by Crippen LogP contribution is 2.55. The Bertz CT molecular complexity index is 1360. The van der Waals surface area contributed by atoms with Gasteiger partial charge in [-0.15, -0.1) is 6.58 Å². The Kier molecular flexibility index (Phi) is 7.98. The van der Waals surface area contributed by atoms with Crippen molar-refractivity contribution in [1.29, 1.82) is 0 Å². The van der Waals surface area contributed by atoms with E-state index in [1.165, 1.54) is 0 Å². The van der Waals surface area contributed by atoms with Crippen LogP contribution in [0.3, 0.4) is 0 Å². The molecule has 0 saturated carbocycles. The topological polar surface area (TPSA) is 51.2 Å². The van der Waals surface area contributed by atoms with Crippen LogP contribution in [-0.4, -0.2) is 50.4 Å². The second kappa shape index (κ2) is 11.8. The zero-order chi connectivity index (χ0) is 28.4. The molecule has 1 spiro atoms. The first-order chi connectivity index (χ1) is 20.1. The molecular weight excluding hydrogens is 512 g/mol. The van der Waals surface area contributed by atoms with E-state index in [1.807, 2.05) is 47.4 Å². The van der Waals surface area contributed by atoms with Crippen LogP contribution in [-0.2, 0) is 32.8 Å². The van der Waals surface area contributed by atoms with Crippen molar-refractivity contribution >= 4 is 11.6 Å². The molecule has 2 fully saturated rings. The summed E-state index contributed by atoms with van der Waals surface area (Å²) in [5.74, 6) is 1.64. The summed E-state index contributed by atoms with van der Waals surface area (Å²) in [4.78, 5) is 19.3. The number of hydrogen-bond acceptors (Lipinski definition) is 5. The van der Waals surface area contributed by atoms with Gasteiger partial charge in [-0.1, -0.05) is 72.8 Å². The van der Waals surface area contributed by atoms with Gasteiger partial charge in [-0.3, -0.25) is 9.69 Å². The van der Waals surface area contributed by atoms with Crippen LogP contribution in [0, 0.1) is 11.8 Å². The zero-order valence-electron chi connectivity index (χ0n) is 24.1. The number of hydrogen-bond donors (Lipinski definition) is 0. The minimum Gasteiger partial charge on any atom is -0.489 e. The number of anilines is 1. The molecule has 3 aromatic rings. The highest BCUT2D eigenvalue weighted by Gasteiger charge is 2.61. The summed E-state index contributed by atoms with van der Waals surface area (Å²) in [6.45, 7) is 6.98. The Balaban J connectivity index is 1.35. The fraction of sp³-hybridized carbons (Fsp3) is 0.400. The number of carbonyl (C=O) groups is 1. The van der Waals surface area contributed by atoms with Crippen LogP contribution in [0.1, 0.15) is 36.0 Å². The molecule has 3 aliphatic rings. The third-order valence-corrected chi connectivity index (χ3v) is 9.50. The Labute approximate surface area is 243 Å². The lowest BCUT2D eigenvalue weighted by Crippen LogP contribution is -2.54. The standard InChI is InChI=1S/C35H40N2O4/c1-4-27-23-36-18-17-35(32(36)19-28(27)20-33(39-2)40-3)30-16-15-29(41-24-26-13-9-6-10-14-26)21-31(30)37(34(35)38)22-25-11-7-5-8-12-25/h4-16,21,27-28,32-33H,1,17-20,22-24H2,2-3H3/t27-,28+,32-,35-/m0/s1. The van der Waals surface area contributed by atoms with Gasteiger partial charge in [-0.25, -0.2) is 0 Å². The maximum atomic E-state index is 14.7. The van der Waals surface area contributed by atoms with E-state index in [0.717, 1.165) is 60.5 Å². The van der Waals surface area contributed by atoms with Gasteiger partial charge in [0.15, 0.2) is 6.29 Å². The lowest BCUT2D eigenvalue weighted by molar-refractivity contribution is -0.128. The van der Waals surface area contributed by atoms with Gasteiger partial charge in [0.1, 0.15) is 12.4 Å². The SMILES string of the molecule is C=C[C@H]1CN2CC[C@@]3(C(=O)N(Cc4ccccc4)c4cc(OCc5ccccc5)ccc43)[C@@H]2C[C@@H]1CC(OC)OC. The van der Waals surface area contributed by atoms with Crippen molar-refractivity contribution in [3.8, 4) is 5.75 Å². The Morgan fingerprint density at radius 3 is 2.39 bits per heavy atom. The molecule has 3 aromatic carbocycles. The minimum absolute atomic E-state index is 0.112. The van der Waals surface area contributed by atoms with Gasteiger partial charge in [-0.2, -0.15) is 0 Å². The Morgan fingerprint density at radius 1 is 1.00 bits per heavy atom. The maximum absolute atomic E-state index is 14.7. The first-order valence-electron chi connectivity index (χ1n) is 14.7. The first kappa shape index (κ1) is 27.7. The van der Waals surface area contributed by atoms with Crippen molar-refractivity contribution in [3.05, 3.63) is 108 Å². The maximum Gasteiger partial charge on any atom is 0.239 e. The molecule has 214 valence electrons. The molecule has 3 aliphatic heterocycles. The van der Waals surface area contributed by atoms with E-state index in [9.17, 15) is 4.79 Å². The second-order valence-electron chi connectivity index (χ2n) is 11.6. The van der Waals surface area contributed by atoms with Gasteiger partial charge in [0, 0.05) is 39.3 Å². The average molecular weight is 553 g/mol. The second-order valence-corrected chi connectivity index (χ2v) is 11.6. The molecule has 41 heavy (non-hydrogen) atoms. The summed E-state index contributed by atoms with van der Waals surface area (Å²) >= 11 is 0. The molecule has 0 N–H and O–H groups in total. The van der Waals surface area contributed by atoms with Crippen LogP contribution in [0.15, 0.2) is 91.5 Å². The Morgan fingerprint density at radius 2 is 1.71 bits per heavy atom. The van der Waals surface area contributed by atoms with Crippen LogP contribution in [0.5, 0.6) is 5.75 Å². The van der Waals surface area contributed by atoms with Gasteiger partial charge >= 0.3 is 0 Å². The number of rotatable bonds is 10. The molecule has 0 unspecified atom stereocenters. The van der Waals surface area contributed by atoms with Crippen LogP contribution in [0.4, 0.5) is 5.69 Å². The monoisotopic (exact) mass is 552 g/mol. The molecule has 6 rings (SSSR count). The summed E-state index contributed by atoms with van der Waals surface area (Å²) < 4.78 is 17.4. The third-order valence-electron chi connectivity index (χ3n) is 9.50. The molecule has 0 aromatic heterocycles. The van der Waals surface area contributed by atoms with Crippen LogP contribution in [0.2, 0.25) is 0 Å². The van der Waals surface area contributed by atoms with Crippen molar-refractivity contribution in [2.75, 3.05) is 32.2 Å². The summed E-state index contributed by atoms with van der Waals surface area (Å²) in [6, 6.07) is 26.8. The lowest BCUT2D eigenvalue weighted by atomic mass is 9.68. The van der Waals surface area contributed by atoms with Crippen molar-refractivity contribution in [2.45, 2.75) is 50.2 Å². The summed E-state index contributed by atoms with van der Waals surface area (Å²) in [5.41, 5.74) is 3.75. The quantitative estimate of drug-likeness (QED) is 0.230. The summed E-state index contributed by atoms with van der Waals surface area (Å²) in [7, 11) is 3.39. The number of carbonyl (C=O) groups excluding carboxylic acids is 1. The van der Waals surface area contributed by atoms with E-state index < -0.39 is 5.41 Å². The van der Waals surface area contributed by atoms with Gasteiger partial charge in [0.25, 0.3) is 0 Å². The smallest absolute Gasteiger partial charge is 0.239 e. The number of methoxy groups -OCH3 is 2. The van der Waals surface area contributed by atoms with Crippen molar-refractivity contribution < 1.29 is 19.0 Å². The molecule has 0 radical (unpaired) electrons. The molecule has 0 aliphatic carbocycles. The molecule has 2 saturated heterocycles. The molecule has 1 amide bonds. The number of fused-ring (bicyclic) bond motifs is 4. The molecule has 6 nitrogen and oxygen atoms in total. The predicted molar refractivity (Wildman–Crippen MR) is 161 cm³/mol. The van der Waals surface area contributed by atoms with E-state index in [4.69, 9.17) is 14.2 Å². The van der Waals surface area contributed by atoms with E-state index in [2.05, 4.69) is 54.0 Å². The van der Waals surface area contributed by atoms with Crippen LogP contribution in [0.25, 0.3) is 0 Å². The van der Waals surface area contributed by atoms with E-state index in [0.29, 0.717) is 25.0 Å². The number of piperidine rings is 1. The molecular formula is C35H40N2O4. The van der Waals surface area contributed by atoms with E-state index >= 15 is 0 Å². The predicted octanol–water partition coefficient (Wildman–Crippen LogP) is 5.96. The van der Waals surface area contributed by atoms with Gasteiger partial charge in [0.05, 0.1) is 17.6 Å². The van der Waals surface area contributed by atoms with Crippen molar-refractivity contribution in [2.24, 2.45) is 11.8 Å². The number of benzene rings is 3. The molecule has 4 atom stereocenters. The normalized spacial score (nSPS) is 25.5. The van der Waals surface area contributed by atoms with Gasteiger partial charge in [-0.05, 0) is 54.0 Å². The fourth-order valence-corrected chi connectivity index (χ4v) is 7.37. The summed E-state index contributed by atoms with van der Waals surface area (Å²) in [6.07, 6.45) is 4.31. The average Bonchev–Trinajstić information content (AvgIpc) is 3.50. The van der Waals surface area contributed by atoms with Crippen molar-refractivity contribution in [1.82, 2.24) is 4.90 Å². The van der Waals surface area contributed by atoms with Crippen molar-refractivity contribution in [3.63, 3.8) is 0 Å². The minimum atomic E-state index is -0.581. The Hall–Kier alpha value is -3.45. The summed E-state index contributed by atoms with van der Waals surface area (Å²) in [5, 5.41) is 0. The van der Waals surface area contributed by atoms with E-state index in [1.54, 1.807) is 14.2 Å². The number of nitrogens with zero attached hydrogens (tertiary/aromatic N) is 2. The first-order valence-corrected chi connectivity index (χ1v) is 14.7. The third kappa shape index (κ3) is 5.09. The van der Waals surface area contributed by atoms with Crippen LogP contribution >= 0.6 is 0 Å². The van der Waals surface area contributed by atoms with Gasteiger partial charge in [0.2, 0.25) is 5.91 Å². The lowest BCUT2D eigenvalue weighted by Gasteiger charge is -2.44. The van der Waals surface area contributed by atoms with Gasteiger partial charge < -0.3 is 19.1 Å². The largest absolute Gasteiger partial charge is 0.489 e. The molecule has 6 heteroatoms. The highest BCUT2D eigenvalue weighted by atomic mass is 16.7. The highest BCUT2D eigenvalue weighted by molar-refractivity contribution is 6.09. The van der Waals surface area contributed by atoms with E-state index in [-0.39, 0.29) is 18.2 Å². The van der Waals surface area contributed by atoms with Crippen LogP contribution < -0.4 is 9.64 Å². The fourth-order valence-electron chi connectivity index (χ4n) is 7.37. The number of ether oxygens (including phenoxy) is 3. The molecule has 3 heterocycles.